The van der Waals surface area contributed by atoms with Gasteiger partial charge in [0.15, 0.2) is 0 Å². The van der Waals surface area contributed by atoms with Crippen molar-refractivity contribution in [1.29, 1.82) is 0 Å². The van der Waals surface area contributed by atoms with E-state index < -0.39 is 5.91 Å². The second-order valence-corrected chi connectivity index (χ2v) is 6.97. The molecule has 1 N–H and O–H groups in total. The molecular weight excluding hydrogens is 372 g/mol. The average Bonchev–Trinajstić information content (AvgIpc) is 2.94. The van der Waals surface area contributed by atoms with Gasteiger partial charge in [0, 0.05) is 10.7 Å². The summed E-state index contributed by atoms with van der Waals surface area (Å²) >= 11 is 6.07. The largest absolute Gasteiger partial charge is 0.350 e. The first-order valence-corrected chi connectivity index (χ1v) is 9.20. The number of aryl methyl sites for hydroxylation is 1. The van der Waals surface area contributed by atoms with Crippen molar-refractivity contribution >= 4 is 40.4 Å². The van der Waals surface area contributed by atoms with Crippen LogP contribution in [0, 0.1) is 6.92 Å². The van der Waals surface area contributed by atoms with E-state index in [1.54, 1.807) is 24.3 Å². The number of hydrogen-bond acceptors (Lipinski definition) is 3. The summed E-state index contributed by atoms with van der Waals surface area (Å²) in [7, 11) is 0. The first-order valence-electron chi connectivity index (χ1n) is 8.82. The van der Waals surface area contributed by atoms with Crippen molar-refractivity contribution in [3.63, 3.8) is 0 Å². The van der Waals surface area contributed by atoms with Crippen molar-refractivity contribution in [2.24, 2.45) is 0 Å². The zero-order chi connectivity index (χ0) is 19.7. The maximum Gasteiger partial charge on any atom is 0.282 e. The quantitative estimate of drug-likeness (QED) is 0.636. The van der Waals surface area contributed by atoms with Crippen molar-refractivity contribution in [3.8, 4) is 0 Å². The van der Waals surface area contributed by atoms with Gasteiger partial charge in [-0.25, -0.2) is 4.90 Å². The number of amides is 2. The van der Waals surface area contributed by atoms with Crippen molar-refractivity contribution in [1.82, 2.24) is 0 Å². The molecule has 0 spiro atoms. The predicted octanol–water partition coefficient (Wildman–Crippen LogP) is 5.05. The Balaban J connectivity index is 1.81. The molecule has 138 valence electrons. The van der Waals surface area contributed by atoms with Gasteiger partial charge in [-0.2, -0.15) is 0 Å². The number of anilines is 2. The van der Waals surface area contributed by atoms with E-state index in [0.717, 1.165) is 16.2 Å². The number of carbonyl (C=O) groups excluding carboxylic acids is 2. The lowest BCUT2D eigenvalue weighted by Crippen LogP contribution is -2.32. The van der Waals surface area contributed by atoms with Crippen molar-refractivity contribution in [2.45, 2.75) is 6.92 Å². The van der Waals surface area contributed by atoms with Gasteiger partial charge in [0.25, 0.3) is 11.8 Å². The van der Waals surface area contributed by atoms with Crippen LogP contribution in [0.25, 0.3) is 5.57 Å². The van der Waals surface area contributed by atoms with Crippen LogP contribution in [-0.2, 0) is 9.59 Å². The molecule has 3 aromatic rings. The van der Waals surface area contributed by atoms with Crippen LogP contribution >= 0.6 is 11.6 Å². The van der Waals surface area contributed by atoms with Crippen LogP contribution in [0.2, 0.25) is 5.02 Å². The van der Waals surface area contributed by atoms with Crippen LogP contribution in [0.1, 0.15) is 11.1 Å². The topological polar surface area (TPSA) is 49.4 Å². The first kappa shape index (κ1) is 18.0. The molecule has 1 heterocycles. The number of imide groups is 1. The maximum atomic E-state index is 13.2. The Hall–Kier alpha value is -3.37. The van der Waals surface area contributed by atoms with E-state index in [-0.39, 0.29) is 11.6 Å². The van der Waals surface area contributed by atoms with Crippen LogP contribution in [0.15, 0.2) is 84.6 Å². The number of carbonyl (C=O) groups is 2. The Bertz CT molecular complexity index is 1090. The summed E-state index contributed by atoms with van der Waals surface area (Å²) in [4.78, 5) is 27.6. The van der Waals surface area contributed by atoms with Crippen LogP contribution in [-0.4, -0.2) is 11.8 Å². The molecule has 2 amide bonds. The Kier molecular flexibility index (Phi) is 4.72. The summed E-state index contributed by atoms with van der Waals surface area (Å²) in [5.74, 6) is -0.792. The number of nitrogens with one attached hydrogen (secondary N) is 1. The first-order chi connectivity index (χ1) is 13.5. The molecule has 0 atom stereocenters. The Labute approximate surface area is 168 Å². The zero-order valence-electron chi connectivity index (χ0n) is 15.1. The minimum Gasteiger partial charge on any atom is -0.350 e. The monoisotopic (exact) mass is 388 g/mol. The Morgan fingerprint density at radius 3 is 2.21 bits per heavy atom. The van der Waals surface area contributed by atoms with Gasteiger partial charge in [-0.1, -0.05) is 65.7 Å². The van der Waals surface area contributed by atoms with Gasteiger partial charge < -0.3 is 5.32 Å². The van der Waals surface area contributed by atoms with Gasteiger partial charge in [0.2, 0.25) is 0 Å². The number of rotatable bonds is 4. The van der Waals surface area contributed by atoms with Gasteiger partial charge in [-0.05, 0) is 42.8 Å². The molecule has 0 fully saturated rings. The summed E-state index contributed by atoms with van der Waals surface area (Å²) in [5.41, 5.74) is 3.56. The highest BCUT2D eigenvalue weighted by Gasteiger charge is 2.40. The van der Waals surface area contributed by atoms with E-state index in [9.17, 15) is 9.59 Å². The normalized spacial score (nSPS) is 14.0. The molecule has 3 aromatic carbocycles. The fourth-order valence-electron chi connectivity index (χ4n) is 3.15. The van der Waals surface area contributed by atoms with Crippen LogP contribution in [0.5, 0.6) is 0 Å². The molecule has 0 saturated carbocycles. The van der Waals surface area contributed by atoms with Crippen LogP contribution in [0.4, 0.5) is 11.4 Å². The summed E-state index contributed by atoms with van der Waals surface area (Å²) in [6.45, 7) is 1.99. The van der Waals surface area contributed by atoms with Crippen molar-refractivity contribution < 1.29 is 9.59 Å². The number of hydrogen-bond donors (Lipinski definition) is 1. The number of halogens is 1. The molecule has 0 saturated heterocycles. The van der Waals surface area contributed by atoms with Crippen molar-refractivity contribution in [2.75, 3.05) is 10.2 Å². The van der Waals surface area contributed by atoms with Crippen molar-refractivity contribution in [3.05, 3.63) is 101 Å². The molecule has 0 aliphatic carbocycles. The Morgan fingerprint density at radius 1 is 0.821 bits per heavy atom. The van der Waals surface area contributed by atoms with Gasteiger partial charge in [0.05, 0.1) is 11.3 Å². The van der Waals surface area contributed by atoms with E-state index in [2.05, 4.69) is 5.32 Å². The third-order valence-electron chi connectivity index (χ3n) is 4.53. The summed E-state index contributed by atoms with van der Waals surface area (Å²) < 4.78 is 0. The lowest BCUT2D eigenvalue weighted by atomic mass is 10.0. The van der Waals surface area contributed by atoms with Crippen LogP contribution in [0.3, 0.4) is 0 Å². The molecule has 28 heavy (non-hydrogen) atoms. The highest BCUT2D eigenvalue weighted by Crippen LogP contribution is 2.34. The van der Waals surface area contributed by atoms with E-state index in [0.29, 0.717) is 21.8 Å². The number of nitrogens with zero attached hydrogens (tertiary/aromatic N) is 1. The third-order valence-corrected chi connectivity index (χ3v) is 4.77. The minimum atomic E-state index is -0.410. The highest BCUT2D eigenvalue weighted by atomic mass is 35.5. The number of benzene rings is 3. The van der Waals surface area contributed by atoms with E-state index in [4.69, 9.17) is 11.6 Å². The average molecular weight is 389 g/mol. The summed E-state index contributed by atoms with van der Waals surface area (Å²) in [5, 5.41) is 3.60. The van der Waals surface area contributed by atoms with E-state index in [1.165, 1.54) is 0 Å². The third kappa shape index (κ3) is 3.30. The summed E-state index contributed by atoms with van der Waals surface area (Å²) in [6, 6.07) is 23.5. The lowest BCUT2D eigenvalue weighted by molar-refractivity contribution is -0.120. The van der Waals surface area contributed by atoms with Gasteiger partial charge >= 0.3 is 0 Å². The second kappa shape index (κ2) is 7.33. The fourth-order valence-corrected chi connectivity index (χ4v) is 3.33. The lowest BCUT2D eigenvalue weighted by Gasteiger charge is -2.15. The summed E-state index contributed by atoms with van der Waals surface area (Å²) in [6.07, 6.45) is 0. The van der Waals surface area contributed by atoms with Crippen LogP contribution < -0.4 is 10.2 Å². The zero-order valence-corrected chi connectivity index (χ0v) is 15.9. The van der Waals surface area contributed by atoms with Gasteiger partial charge in [-0.3, -0.25) is 9.59 Å². The Morgan fingerprint density at radius 2 is 1.54 bits per heavy atom. The SMILES string of the molecule is Cc1ccc(NC2=C(c3ccccc3)C(=O)N(c3cccc(Cl)c3)C2=O)cc1. The second-order valence-electron chi connectivity index (χ2n) is 6.53. The fraction of sp³-hybridized carbons (Fsp3) is 0.0435. The molecule has 0 radical (unpaired) electrons. The minimum absolute atomic E-state index is 0.250. The molecule has 5 heteroatoms. The molecule has 1 aliphatic rings. The smallest absolute Gasteiger partial charge is 0.282 e. The molecule has 0 aromatic heterocycles. The van der Waals surface area contributed by atoms with E-state index in [1.807, 2.05) is 61.5 Å². The predicted molar refractivity (Wildman–Crippen MR) is 112 cm³/mol. The highest BCUT2D eigenvalue weighted by molar-refractivity contribution is 6.46. The van der Waals surface area contributed by atoms with Gasteiger partial charge in [-0.15, -0.1) is 0 Å². The maximum absolute atomic E-state index is 13.2. The molecular formula is C23H17ClN2O2. The standard InChI is InChI=1S/C23H17ClN2O2/c1-15-10-12-18(13-11-15)25-21-20(16-6-3-2-4-7-16)22(27)26(23(21)28)19-9-5-8-17(24)14-19/h2-14,25H,1H3. The molecule has 0 unspecified atom stereocenters. The molecule has 4 rings (SSSR count). The molecule has 1 aliphatic heterocycles. The molecule has 0 bridgehead atoms. The molecule has 4 nitrogen and oxygen atoms in total. The van der Waals surface area contributed by atoms with E-state index >= 15 is 0 Å². The van der Waals surface area contributed by atoms with Gasteiger partial charge in [0.1, 0.15) is 5.70 Å².